The second kappa shape index (κ2) is 6.32. The summed E-state index contributed by atoms with van der Waals surface area (Å²) in [5, 5.41) is 0. The van der Waals surface area contributed by atoms with Gasteiger partial charge in [-0.1, -0.05) is 0 Å². The van der Waals surface area contributed by atoms with Crippen molar-refractivity contribution in [1.29, 1.82) is 0 Å². The molecule has 1 aromatic heterocycles. The van der Waals surface area contributed by atoms with Crippen LogP contribution in [0.1, 0.15) is 16.7 Å². The molecule has 1 heterocycles. The van der Waals surface area contributed by atoms with E-state index in [4.69, 9.17) is 9.15 Å². The van der Waals surface area contributed by atoms with E-state index in [0.29, 0.717) is 18.7 Å². The van der Waals surface area contributed by atoms with Gasteiger partial charge in [-0.2, -0.15) is 0 Å². The van der Waals surface area contributed by atoms with Gasteiger partial charge in [0.25, 0.3) is 0 Å². The molecule has 2 rings (SSSR count). The van der Waals surface area contributed by atoms with Crippen LogP contribution in [0, 0.1) is 13.8 Å². The molecule has 0 aliphatic heterocycles. The molecule has 114 valence electrons. The maximum Gasteiger partial charge on any atom is 0.244 e. The van der Waals surface area contributed by atoms with Crippen molar-refractivity contribution in [3.63, 3.8) is 0 Å². The molecule has 0 aliphatic rings. The largest absolute Gasteiger partial charge is 0.495 e. The van der Waals surface area contributed by atoms with E-state index >= 15 is 0 Å². The second-order valence-corrected chi connectivity index (χ2v) is 6.60. The zero-order valence-electron chi connectivity index (χ0n) is 12.3. The molecule has 0 saturated carbocycles. The van der Waals surface area contributed by atoms with E-state index < -0.39 is 10.0 Å². The topological polar surface area (TPSA) is 68.5 Å². The average molecular weight is 309 g/mol. The fourth-order valence-corrected chi connectivity index (χ4v) is 3.24. The summed E-state index contributed by atoms with van der Waals surface area (Å²) >= 11 is 0. The maximum absolute atomic E-state index is 12.4. The standard InChI is InChI=1S/C15H19NO4S/c1-11-8-14(19-3)15(9-12(11)2)21(17,18)16-6-4-13-5-7-20-10-13/h5,7-10,16H,4,6H2,1-3H3. The van der Waals surface area contributed by atoms with Crippen LogP contribution in [0.25, 0.3) is 0 Å². The normalized spacial score (nSPS) is 11.6. The first-order chi connectivity index (χ1) is 9.94. The molecule has 6 heteroatoms. The van der Waals surface area contributed by atoms with Crippen LogP contribution in [-0.4, -0.2) is 22.1 Å². The van der Waals surface area contributed by atoms with Crippen LogP contribution < -0.4 is 9.46 Å². The van der Waals surface area contributed by atoms with E-state index in [1.54, 1.807) is 24.7 Å². The van der Waals surface area contributed by atoms with Crippen molar-refractivity contribution < 1.29 is 17.6 Å². The van der Waals surface area contributed by atoms with Crippen molar-refractivity contribution in [3.05, 3.63) is 47.4 Å². The quantitative estimate of drug-likeness (QED) is 0.890. The van der Waals surface area contributed by atoms with Crippen LogP contribution >= 0.6 is 0 Å². The van der Waals surface area contributed by atoms with Gasteiger partial charge in [0.1, 0.15) is 10.6 Å². The maximum atomic E-state index is 12.4. The van der Waals surface area contributed by atoms with Crippen LogP contribution in [0.5, 0.6) is 5.75 Å². The van der Waals surface area contributed by atoms with Gasteiger partial charge in [0.15, 0.2) is 0 Å². The SMILES string of the molecule is COc1cc(C)c(C)cc1S(=O)(=O)NCCc1ccoc1. The van der Waals surface area contributed by atoms with Crippen molar-refractivity contribution in [2.24, 2.45) is 0 Å². The van der Waals surface area contributed by atoms with Crippen molar-refractivity contribution >= 4 is 10.0 Å². The first-order valence-electron chi connectivity index (χ1n) is 6.60. The zero-order chi connectivity index (χ0) is 15.5. The molecule has 1 aromatic carbocycles. The third kappa shape index (κ3) is 3.65. The Labute approximate surface area is 125 Å². The molecule has 0 unspecified atom stereocenters. The van der Waals surface area contributed by atoms with E-state index in [9.17, 15) is 8.42 Å². The average Bonchev–Trinajstić information content (AvgIpc) is 2.94. The van der Waals surface area contributed by atoms with Gasteiger partial charge in [0.05, 0.1) is 19.6 Å². The van der Waals surface area contributed by atoms with Gasteiger partial charge in [-0.25, -0.2) is 13.1 Å². The van der Waals surface area contributed by atoms with Gasteiger partial charge in [-0.15, -0.1) is 0 Å². The lowest BCUT2D eigenvalue weighted by atomic mass is 10.1. The smallest absolute Gasteiger partial charge is 0.244 e. The number of nitrogens with one attached hydrogen (secondary N) is 1. The molecule has 5 nitrogen and oxygen atoms in total. The summed E-state index contributed by atoms with van der Waals surface area (Å²) in [6, 6.07) is 5.18. The molecule has 0 aliphatic carbocycles. The fourth-order valence-electron chi connectivity index (χ4n) is 1.98. The van der Waals surface area contributed by atoms with E-state index in [1.807, 2.05) is 19.9 Å². The minimum absolute atomic E-state index is 0.167. The van der Waals surface area contributed by atoms with Gasteiger partial charge in [-0.3, -0.25) is 0 Å². The fraction of sp³-hybridized carbons (Fsp3) is 0.333. The Balaban J connectivity index is 2.17. The van der Waals surface area contributed by atoms with Crippen molar-refractivity contribution in [3.8, 4) is 5.75 Å². The molecular weight excluding hydrogens is 290 g/mol. The molecule has 2 aromatic rings. The first-order valence-corrected chi connectivity index (χ1v) is 8.08. The molecule has 21 heavy (non-hydrogen) atoms. The first kappa shape index (κ1) is 15.6. The monoisotopic (exact) mass is 309 g/mol. The molecule has 0 atom stereocenters. The third-order valence-corrected chi connectivity index (χ3v) is 4.84. The van der Waals surface area contributed by atoms with Crippen LogP contribution in [0.4, 0.5) is 0 Å². The van der Waals surface area contributed by atoms with E-state index in [2.05, 4.69) is 4.72 Å². The van der Waals surface area contributed by atoms with Crippen LogP contribution in [0.2, 0.25) is 0 Å². The number of ether oxygens (including phenoxy) is 1. The van der Waals surface area contributed by atoms with Crippen molar-refractivity contribution in [2.45, 2.75) is 25.2 Å². The predicted octanol–water partition coefficient (Wildman–Crippen LogP) is 2.43. The number of rotatable bonds is 6. The number of aryl methyl sites for hydroxylation is 2. The lowest BCUT2D eigenvalue weighted by molar-refractivity contribution is 0.402. The molecule has 0 fully saturated rings. The summed E-state index contributed by atoms with van der Waals surface area (Å²) in [5.74, 6) is 0.355. The molecule has 0 radical (unpaired) electrons. The Kier molecular flexibility index (Phi) is 4.69. The molecular formula is C15H19NO4S. The highest BCUT2D eigenvalue weighted by Crippen LogP contribution is 2.27. The lowest BCUT2D eigenvalue weighted by Crippen LogP contribution is -2.26. The van der Waals surface area contributed by atoms with Crippen LogP contribution in [0.3, 0.4) is 0 Å². The molecule has 0 amide bonds. The Morgan fingerprint density at radius 1 is 1.24 bits per heavy atom. The number of methoxy groups -OCH3 is 1. The van der Waals surface area contributed by atoms with E-state index in [0.717, 1.165) is 16.7 Å². The Morgan fingerprint density at radius 3 is 2.57 bits per heavy atom. The summed E-state index contributed by atoms with van der Waals surface area (Å²) in [5.41, 5.74) is 2.85. The summed E-state index contributed by atoms with van der Waals surface area (Å²) in [6.45, 7) is 4.10. The van der Waals surface area contributed by atoms with Gasteiger partial charge in [0.2, 0.25) is 10.0 Å². The summed E-state index contributed by atoms with van der Waals surface area (Å²) < 4.78 is 37.5. The minimum Gasteiger partial charge on any atom is -0.495 e. The van der Waals surface area contributed by atoms with Crippen molar-refractivity contribution in [1.82, 2.24) is 4.72 Å². The van der Waals surface area contributed by atoms with E-state index in [-0.39, 0.29) is 4.90 Å². The minimum atomic E-state index is -3.60. The number of benzene rings is 1. The Hall–Kier alpha value is -1.79. The summed E-state index contributed by atoms with van der Waals surface area (Å²) in [4.78, 5) is 0.167. The van der Waals surface area contributed by atoms with Gasteiger partial charge in [-0.05, 0) is 55.2 Å². The molecule has 0 spiro atoms. The molecule has 1 N–H and O–H groups in total. The lowest BCUT2D eigenvalue weighted by Gasteiger charge is -2.13. The predicted molar refractivity (Wildman–Crippen MR) is 80.1 cm³/mol. The number of hydrogen-bond donors (Lipinski definition) is 1. The Morgan fingerprint density at radius 2 is 1.95 bits per heavy atom. The van der Waals surface area contributed by atoms with Crippen LogP contribution in [-0.2, 0) is 16.4 Å². The summed E-state index contributed by atoms with van der Waals surface area (Å²) in [7, 11) is -2.13. The van der Waals surface area contributed by atoms with E-state index in [1.165, 1.54) is 7.11 Å². The highest BCUT2D eigenvalue weighted by atomic mass is 32.2. The van der Waals surface area contributed by atoms with Crippen molar-refractivity contribution in [2.75, 3.05) is 13.7 Å². The second-order valence-electron chi connectivity index (χ2n) is 4.87. The number of furan rings is 1. The Bertz CT molecular complexity index is 706. The molecule has 0 bridgehead atoms. The van der Waals surface area contributed by atoms with Crippen LogP contribution in [0.15, 0.2) is 40.0 Å². The van der Waals surface area contributed by atoms with Gasteiger partial charge < -0.3 is 9.15 Å². The van der Waals surface area contributed by atoms with Gasteiger partial charge >= 0.3 is 0 Å². The highest BCUT2D eigenvalue weighted by Gasteiger charge is 2.20. The summed E-state index contributed by atoms with van der Waals surface area (Å²) in [6.07, 6.45) is 3.74. The number of hydrogen-bond acceptors (Lipinski definition) is 4. The number of sulfonamides is 1. The zero-order valence-corrected chi connectivity index (χ0v) is 13.2. The van der Waals surface area contributed by atoms with Gasteiger partial charge in [0, 0.05) is 6.54 Å². The third-order valence-electron chi connectivity index (χ3n) is 3.36. The highest BCUT2D eigenvalue weighted by molar-refractivity contribution is 7.89. The molecule has 0 saturated heterocycles.